The third-order valence-corrected chi connectivity index (χ3v) is 3.99. The quantitative estimate of drug-likeness (QED) is 0.913. The number of rotatable bonds is 2. The van der Waals surface area contributed by atoms with E-state index < -0.39 is 0 Å². The maximum atomic E-state index is 11.9. The van der Waals surface area contributed by atoms with E-state index in [1.54, 1.807) is 0 Å². The van der Waals surface area contributed by atoms with Crippen LogP contribution >= 0.6 is 15.9 Å². The van der Waals surface area contributed by atoms with Crippen LogP contribution in [0.1, 0.15) is 13.3 Å². The first-order chi connectivity index (χ1) is 8.65. The van der Waals surface area contributed by atoms with Crippen LogP contribution in [0.25, 0.3) is 0 Å². The lowest BCUT2D eigenvalue weighted by Gasteiger charge is -2.20. The number of carbonyl (C=O) groups excluding carboxylic acids is 1. The summed E-state index contributed by atoms with van der Waals surface area (Å²) in [5.41, 5.74) is 0.739. The molecular weight excluding hydrogens is 298 g/mol. The first kappa shape index (κ1) is 11.8. The van der Waals surface area contributed by atoms with Crippen LogP contribution in [-0.4, -0.2) is 19.1 Å². The van der Waals surface area contributed by atoms with Crippen LogP contribution in [0, 0.1) is 11.8 Å². The van der Waals surface area contributed by atoms with E-state index in [0.29, 0.717) is 30.6 Å². The largest absolute Gasteiger partial charge is 0.486 e. The molecular formula is C13H14BrNO3. The van der Waals surface area contributed by atoms with Crippen LogP contribution in [0.5, 0.6) is 11.5 Å². The van der Waals surface area contributed by atoms with Crippen LogP contribution in [-0.2, 0) is 4.79 Å². The zero-order chi connectivity index (χ0) is 12.7. The molecule has 1 aromatic rings. The number of halogens is 1. The molecule has 0 bridgehead atoms. The summed E-state index contributed by atoms with van der Waals surface area (Å²) in [4.78, 5) is 11.9. The summed E-state index contributed by atoms with van der Waals surface area (Å²) in [6, 6.07) is 3.64. The molecule has 0 saturated heterocycles. The molecule has 1 heterocycles. The minimum Gasteiger partial charge on any atom is -0.486 e. The molecule has 0 spiro atoms. The van der Waals surface area contributed by atoms with Gasteiger partial charge < -0.3 is 14.8 Å². The van der Waals surface area contributed by atoms with Gasteiger partial charge in [0.05, 0.1) is 5.69 Å². The van der Waals surface area contributed by atoms with Crippen molar-refractivity contribution in [2.45, 2.75) is 13.3 Å². The van der Waals surface area contributed by atoms with Crippen molar-refractivity contribution in [3.8, 4) is 11.5 Å². The van der Waals surface area contributed by atoms with Crippen molar-refractivity contribution in [2.24, 2.45) is 11.8 Å². The van der Waals surface area contributed by atoms with Crippen molar-refractivity contribution in [2.75, 3.05) is 18.5 Å². The molecule has 18 heavy (non-hydrogen) atoms. The molecule has 1 N–H and O–H groups in total. The monoisotopic (exact) mass is 311 g/mol. The molecule has 4 nitrogen and oxygen atoms in total. The van der Waals surface area contributed by atoms with Crippen LogP contribution in [0.15, 0.2) is 16.6 Å². The number of amides is 1. The highest BCUT2D eigenvalue weighted by molar-refractivity contribution is 9.10. The van der Waals surface area contributed by atoms with Gasteiger partial charge in [-0.25, -0.2) is 0 Å². The van der Waals surface area contributed by atoms with E-state index >= 15 is 0 Å². The molecule has 1 saturated carbocycles. The summed E-state index contributed by atoms with van der Waals surface area (Å²) >= 11 is 3.44. The third kappa shape index (κ3) is 2.19. The number of ether oxygens (including phenoxy) is 2. The lowest BCUT2D eigenvalue weighted by Crippen LogP contribution is -2.17. The Bertz CT molecular complexity index is 503. The van der Waals surface area contributed by atoms with E-state index in [2.05, 4.69) is 28.2 Å². The van der Waals surface area contributed by atoms with Crippen molar-refractivity contribution in [3.05, 3.63) is 16.6 Å². The van der Waals surface area contributed by atoms with Gasteiger partial charge in [0.1, 0.15) is 13.2 Å². The lowest BCUT2D eigenvalue weighted by molar-refractivity contribution is -0.117. The number of benzene rings is 1. The van der Waals surface area contributed by atoms with Crippen molar-refractivity contribution >= 4 is 27.5 Å². The van der Waals surface area contributed by atoms with E-state index in [1.165, 1.54) is 0 Å². The summed E-state index contributed by atoms with van der Waals surface area (Å²) in [7, 11) is 0. The second-order valence-electron chi connectivity index (χ2n) is 4.78. The maximum Gasteiger partial charge on any atom is 0.227 e. The highest BCUT2D eigenvalue weighted by atomic mass is 79.9. The van der Waals surface area contributed by atoms with E-state index in [4.69, 9.17) is 9.47 Å². The normalized spacial score (nSPS) is 24.6. The molecule has 5 heteroatoms. The third-order valence-electron chi connectivity index (χ3n) is 3.34. The highest BCUT2D eigenvalue weighted by Gasteiger charge is 2.39. The van der Waals surface area contributed by atoms with E-state index in [9.17, 15) is 4.79 Å². The van der Waals surface area contributed by atoms with Gasteiger partial charge in [-0.15, -0.1) is 0 Å². The lowest BCUT2D eigenvalue weighted by atomic mass is 10.2. The number of anilines is 1. The predicted molar refractivity (Wildman–Crippen MR) is 71.0 cm³/mol. The zero-order valence-electron chi connectivity index (χ0n) is 10.0. The Labute approximate surface area is 114 Å². The molecule has 1 amide bonds. The van der Waals surface area contributed by atoms with Crippen molar-refractivity contribution in [1.82, 2.24) is 0 Å². The molecule has 96 valence electrons. The summed E-state index contributed by atoms with van der Waals surface area (Å²) in [6.45, 7) is 3.19. The van der Waals surface area contributed by atoms with Gasteiger partial charge in [-0.3, -0.25) is 4.79 Å². The van der Waals surface area contributed by atoms with Crippen molar-refractivity contribution in [1.29, 1.82) is 0 Å². The van der Waals surface area contributed by atoms with E-state index in [1.807, 2.05) is 12.1 Å². The molecule has 0 aromatic heterocycles. The van der Waals surface area contributed by atoms with E-state index in [-0.39, 0.29) is 11.8 Å². The number of carbonyl (C=O) groups is 1. The van der Waals surface area contributed by atoms with Crippen molar-refractivity contribution in [3.63, 3.8) is 0 Å². The Morgan fingerprint density at radius 3 is 2.56 bits per heavy atom. The topological polar surface area (TPSA) is 47.6 Å². The molecule has 2 atom stereocenters. The minimum absolute atomic E-state index is 0.0832. The Morgan fingerprint density at radius 2 is 1.94 bits per heavy atom. The Kier molecular flexibility index (Phi) is 2.93. The second kappa shape index (κ2) is 4.46. The van der Waals surface area contributed by atoms with Gasteiger partial charge in [-0.2, -0.15) is 0 Å². The zero-order valence-corrected chi connectivity index (χ0v) is 11.6. The Hall–Kier alpha value is -1.23. The summed E-state index contributed by atoms with van der Waals surface area (Å²) in [6.07, 6.45) is 0.980. The van der Waals surface area contributed by atoms with Crippen LogP contribution < -0.4 is 14.8 Å². The molecule has 1 aliphatic carbocycles. The van der Waals surface area contributed by atoms with Gasteiger partial charge >= 0.3 is 0 Å². The fourth-order valence-electron chi connectivity index (χ4n) is 2.07. The SMILES string of the molecule is CC1CC1C(=O)Nc1cc2c(cc1Br)OCCO2. The molecule has 1 aromatic carbocycles. The first-order valence-corrected chi connectivity index (χ1v) is 6.84. The number of hydrogen-bond acceptors (Lipinski definition) is 3. The molecule has 2 unspecified atom stereocenters. The van der Waals surface area contributed by atoms with Gasteiger partial charge in [-0.05, 0) is 28.3 Å². The first-order valence-electron chi connectivity index (χ1n) is 6.05. The van der Waals surface area contributed by atoms with Crippen molar-refractivity contribution < 1.29 is 14.3 Å². The van der Waals surface area contributed by atoms with Crippen LogP contribution in [0.3, 0.4) is 0 Å². The average Bonchev–Trinajstić information content (AvgIpc) is 3.07. The average molecular weight is 312 g/mol. The Balaban J connectivity index is 1.81. The highest BCUT2D eigenvalue weighted by Crippen LogP contribution is 2.41. The number of nitrogens with one attached hydrogen (secondary N) is 1. The molecule has 3 rings (SSSR count). The van der Waals surface area contributed by atoms with E-state index in [0.717, 1.165) is 16.6 Å². The Morgan fingerprint density at radius 1 is 1.33 bits per heavy atom. The summed E-state index contributed by atoms with van der Waals surface area (Å²) in [5, 5.41) is 2.93. The molecule has 1 aliphatic heterocycles. The van der Waals surface area contributed by atoms with Gasteiger partial charge in [0, 0.05) is 22.5 Å². The van der Waals surface area contributed by atoms with Gasteiger partial charge in [-0.1, -0.05) is 6.92 Å². The minimum atomic E-state index is 0.0832. The van der Waals surface area contributed by atoms with Gasteiger partial charge in [0.15, 0.2) is 11.5 Å². The van der Waals surface area contributed by atoms with Crippen LogP contribution in [0.4, 0.5) is 5.69 Å². The smallest absolute Gasteiger partial charge is 0.227 e. The standard InChI is InChI=1S/C13H14BrNO3/c1-7-4-8(7)13(16)15-10-6-12-11(5-9(10)14)17-2-3-18-12/h5-8H,2-4H2,1H3,(H,15,16). The fourth-order valence-corrected chi connectivity index (χ4v) is 2.49. The molecule has 2 aliphatic rings. The summed E-state index contributed by atoms with van der Waals surface area (Å²) < 4.78 is 11.8. The van der Waals surface area contributed by atoms with Gasteiger partial charge in [0.2, 0.25) is 5.91 Å². The van der Waals surface area contributed by atoms with Gasteiger partial charge in [0.25, 0.3) is 0 Å². The molecule has 1 fully saturated rings. The second-order valence-corrected chi connectivity index (χ2v) is 5.64. The molecule has 0 radical (unpaired) electrons. The fraction of sp³-hybridized carbons (Fsp3) is 0.462. The number of hydrogen-bond donors (Lipinski definition) is 1. The maximum absolute atomic E-state index is 11.9. The predicted octanol–water partition coefficient (Wildman–Crippen LogP) is 2.81. The van der Waals surface area contributed by atoms with Crippen LogP contribution in [0.2, 0.25) is 0 Å². The summed E-state index contributed by atoms with van der Waals surface area (Å²) in [5.74, 6) is 2.14. The number of fused-ring (bicyclic) bond motifs is 1.